The number of halogens is 3. The van der Waals surface area contributed by atoms with Crippen LogP contribution >= 0.6 is 22.3 Å². The molecule has 0 atom stereocenters. The lowest BCUT2D eigenvalue weighted by molar-refractivity contribution is 0.593. The summed E-state index contributed by atoms with van der Waals surface area (Å²) in [5, 5.41) is 8.52. The van der Waals surface area contributed by atoms with Gasteiger partial charge in [-0.1, -0.05) is 0 Å². The van der Waals surface area contributed by atoms with Crippen LogP contribution in [0.5, 0.6) is 0 Å². The number of rotatable bonds is 2. The Balaban J connectivity index is 3.61. The Bertz CT molecular complexity index is 536. The van der Waals surface area contributed by atoms with Gasteiger partial charge in [0.1, 0.15) is 11.9 Å². The molecule has 0 saturated carbocycles. The summed E-state index contributed by atoms with van der Waals surface area (Å²) in [6, 6.07) is 3.68. The van der Waals surface area contributed by atoms with E-state index < -0.39 is 19.8 Å². The van der Waals surface area contributed by atoms with Crippen LogP contribution < -0.4 is 0 Å². The highest BCUT2D eigenvalue weighted by atomic mass is 35.7. The van der Waals surface area contributed by atoms with Gasteiger partial charge < -0.3 is 0 Å². The number of benzene rings is 1. The fourth-order valence-electron chi connectivity index (χ4n) is 1.04. The van der Waals surface area contributed by atoms with Gasteiger partial charge in [-0.2, -0.15) is 5.26 Å². The van der Waals surface area contributed by atoms with Crippen LogP contribution in [-0.4, -0.2) is 8.42 Å². The minimum absolute atomic E-state index is 0.269. The quantitative estimate of drug-likeness (QED) is 0.611. The third-order valence-electron chi connectivity index (χ3n) is 1.72. The van der Waals surface area contributed by atoms with E-state index in [4.69, 9.17) is 27.5 Å². The maximum absolute atomic E-state index is 13.4. The molecule has 0 amide bonds. The fraction of sp³-hybridized carbons (Fsp3) is 0.125. The summed E-state index contributed by atoms with van der Waals surface area (Å²) in [6.45, 7) is 0. The predicted molar refractivity (Wildman–Crippen MR) is 53.7 cm³/mol. The van der Waals surface area contributed by atoms with Crippen molar-refractivity contribution in [3.8, 4) is 6.07 Å². The molecule has 80 valence electrons. The first-order valence-corrected chi connectivity index (χ1v) is 6.48. The number of hydrogen-bond acceptors (Lipinski definition) is 3. The summed E-state index contributed by atoms with van der Waals surface area (Å²) in [5.74, 6) is -1.32. The Kier molecular flexibility index (Phi) is 3.55. The summed E-state index contributed by atoms with van der Waals surface area (Å²) in [4.78, 5) is -0.407. The number of nitriles is 1. The van der Waals surface area contributed by atoms with Gasteiger partial charge in [0.15, 0.2) is 0 Å². The van der Waals surface area contributed by atoms with Gasteiger partial charge in [-0.15, -0.1) is 11.6 Å². The summed E-state index contributed by atoms with van der Waals surface area (Å²) in [7, 11) is 1.02. The summed E-state index contributed by atoms with van der Waals surface area (Å²) >= 11 is 5.40. The molecule has 0 radical (unpaired) electrons. The zero-order valence-electron chi connectivity index (χ0n) is 7.17. The van der Waals surface area contributed by atoms with Gasteiger partial charge in [-0.05, 0) is 12.1 Å². The van der Waals surface area contributed by atoms with Gasteiger partial charge in [0.2, 0.25) is 0 Å². The zero-order valence-corrected chi connectivity index (χ0v) is 9.50. The van der Waals surface area contributed by atoms with Crippen molar-refractivity contribution in [2.45, 2.75) is 10.8 Å². The van der Waals surface area contributed by atoms with Gasteiger partial charge in [0, 0.05) is 16.2 Å². The first kappa shape index (κ1) is 12.2. The van der Waals surface area contributed by atoms with E-state index >= 15 is 0 Å². The molecule has 0 aliphatic heterocycles. The van der Waals surface area contributed by atoms with E-state index in [9.17, 15) is 12.8 Å². The molecule has 0 spiro atoms. The van der Waals surface area contributed by atoms with Crippen molar-refractivity contribution in [3.63, 3.8) is 0 Å². The summed E-state index contributed by atoms with van der Waals surface area (Å²) < 4.78 is 35.5. The standard InChI is InChI=1S/C8H4Cl2FNO2S/c9-3-6-7(15(10,13)14)2-1-5(4-12)8(6)11/h1-2H,3H2. The first-order chi connectivity index (χ1) is 6.91. The van der Waals surface area contributed by atoms with E-state index in [0.717, 1.165) is 12.1 Å². The Morgan fingerprint density at radius 1 is 1.47 bits per heavy atom. The Morgan fingerprint density at radius 2 is 2.07 bits per heavy atom. The molecule has 0 fully saturated rings. The maximum Gasteiger partial charge on any atom is 0.261 e. The second-order valence-corrected chi connectivity index (χ2v) is 5.39. The monoisotopic (exact) mass is 267 g/mol. The largest absolute Gasteiger partial charge is 0.261 e. The van der Waals surface area contributed by atoms with E-state index in [-0.39, 0.29) is 17.0 Å². The number of nitrogens with zero attached hydrogens (tertiary/aromatic N) is 1. The SMILES string of the molecule is N#Cc1ccc(S(=O)(=O)Cl)c(CCl)c1F. The van der Waals surface area contributed by atoms with Crippen molar-refractivity contribution < 1.29 is 12.8 Å². The lowest BCUT2D eigenvalue weighted by Crippen LogP contribution is -2.01. The van der Waals surface area contributed by atoms with Gasteiger partial charge in [-0.25, -0.2) is 12.8 Å². The lowest BCUT2D eigenvalue weighted by Gasteiger charge is -2.05. The van der Waals surface area contributed by atoms with Gasteiger partial charge >= 0.3 is 0 Å². The van der Waals surface area contributed by atoms with Gasteiger partial charge in [-0.3, -0.25) is 0 Å². The van der Waals surface area contributed by atoms with Gasteiger partial charge in [0.25, 0.3) is 9.05 Å². The van der Waals surface area contributed by atoms with Crippen LogP contribution in [0.15, 0.2) is 17.0 Å². The summed E-state index contributed by atoms with van der Waals surface area (Å²) in [5.41, 5.74) is -0.555. The minimum Gasteiger partial charge on any atom is -0.207 e. The molecule has 0 aromatic heterocycles. The number of alkyl halides is 1. The second-order valence-electron chi connectivity index (χ2n) is 2.59. The first-order valence-electron chi connectivity index (χ1n) is 3.64. The minimum atomic E-state index is -4.05. The molecule has 0 bridgehead atoms. The van der Waals surface area contributed by atoms with E-state index in [0.29, 0.717) is 0 Å². The highest BCUT2D eigenvalue weighted by Gasteiger charge is 2.20. The van der Waals surface area contributed by atoms with Crippen LogP contribution in [0.4, 0.5) is 4.39 Å². The van der Waals surface area contributed by atoms with Crippen molar-refractivity contribution >= 4 is 31.3 Å². The van der Waals surface area contributed by atoms with Crippen molar-refractivity contribution in [1.82, 2.24) is 0 Å². The van der Waals surface area contributed by atoms with Crippen molar-refractivity contribution in [2.75, 3.05) is 0 Å². The second kappa shape index (κ2) is 4.35. The van der Waals surface area contributed by atoms with Crippen molar-refractivity contribution in [2.24, 2.45) is 0 Å². The molecular formula is C8H4Cl2FNO2S. The predicted octanol–water partition coefficient (Wildman–Crippen LogP) is 2.36. The maximum atomic E-state index is 13.4. The van der Waals surface area contributed by atoms with Gasteiger partial charge in [0.05, 0.1) is 16.3 Å². The molecule has 0 unspecified atom stereocenters. The number of hydrogen-bond donors (Lipinski definition) is 0. The van der Waals surface area contributed by atoms with Crippen LogP contribution in [0.3, 0.4) is 0 Å². The van der Waals surface area contributed by atoms with E-state index in [2.05, 4.69) is 0 Å². The highest BCUT2D eigenvalue weighted by Crippen LogP contribution is 2.25. The molecule has 7 heteroatoms. The summed E-state index contributed by atoms with van der Waals surface area (Å²) in [6.07, 6.45) is 0. The topological polar surface area (TPSA) is 57.9 Å². The van der Waals surface area contributed by atoms with Crippen LogP contribution in [0.25, 0.3) is 0 Å². The normalized spacial score (nSPS) is 11.1. The molecule has 3 nitrogen and oxygen atoms in total. The third-order valence-corrected chi connectivity index (χ3v) is 3.39. The highest BCUT2D eigenvalue weighted by molar-refractivity contribution is 8.13. The van der Waals surface area contributed by atoms with Crippen molar-refractivity contribution in [1.29, 1.82) is 5.26 Å². The van der Waals surface area contributed by atoms with Crippen LogP contribution in [-0.2, 0) is 14.9 Å². The molecule has 0 heterocycles. The Hall–Kier alpha value is -0.830. The average Bonchev–Trinajstić information content (AvgIpc) is 2.15. The van der Waals surface area contributed by atoms with Crippen LogP contribution in [0.1, 0.15) is 11.1 Å². The molecule has 1 rings (SSSR count). The Labute approximate surface area is 95.5 Å². The molecule has 0 N–H and O–H groups in total. The van der Waals surface area contributed by atoms with Crippen LogP contribution in [0, 0.1) is 17.1 Å². The molecule has 0 saturated heterocycles. The molecule has 0 aliphatic carbocycles. The smallest absolute Gasteiger partial charge is 0.207 e. The lowest BCUT2D eigenvalue weighted by atomic mass is 10.1. The van der Waals surface area contributed by atoms with E-state index in [1.165, 1.54) is 0 Å². The average molecular weight is 268 g/mol. The van der Waals surface area contributed by atoms with E-state index in [1.54, 1.807) is 6.07 Å². The third kappa shape index (κ3) is 2.40. The zero-order chi connectivity index (χ0) is 11.6. The van der Waals surface area contributed by atoms with Crippen LogP contribution in [0.2, 0.25) is 0 Å². The molecular weight excluding hydrogens is 264 g/mol. The molecule has 0 aliphatic rings. The van der Waals surface area contributed by atoms with E-state index in [1.807, 2.05) is 0 Å². The molecule has 1 aromatic rings. The molecule has 1 aromatic carbocycles. The Morgan fingerprint density at radius 3 is 2.47 bits per heavy atom. The fourth-order valence-corrected chi connectivity index (χ4v) is 2.50. The van der Waals surface area contributed by atoms with Crippen molar-refractivity contribution in [3.05, 3.63) is 29.1 Å². The molecule has 15 heavy (non-hydrogen) atoms.